The molecule has 1 aromatic carbocycles. The zero-order valence-corrected chi connectivity index (χ0v) is 9.90. The molecule has 3 heteroatoms. The number of phenolic OH excluding ortho intramolecular Hbond substituents is 1. The van der Waals surface area contributed by atoms with E-state index >= 15 is 0 Å². The van der Waals surface area contributed by atoms with Gasteiger partial charge in [0.15, 0.2) is 0 Å². The lowest BCUT2D eigenvalue weighted by Gasteiger charge is -2.06. The van der Waals surface area contributed by atoms with Crippen LogP contribution in [-0.4, -0.2) is 23.7 Å². The van der Waals surface area contributed by atoms with Gasteiger partial charge in [0.2, 0.25) is 5.90 Å². The fourth-order valence-electron chi connectivity index (χ4n) is 1.70. The molecule has 3 nitrogen and oxygen atoms in total. The van der Waals surface area contributed by atoms with E-state index in [1.54, 1.807) is 6.07 Å². The van der Waals surface area contributed by atoms with Gasteiger partial charge >= 0.3 is 0 Å². The zero-order chi connectivity index (χ0) is 11.7. The summed E-state index contributed by atoms with van der Waals surface area (Å²) in [6.45, 7) is 6.79. The van der Waals surface area contributed by atoms with Crippen molar-refractivity contribution in [2.75, 3.05) is 6.61 Å². The molecule has 1 unspecified atom stereocenters. The topological polar surface area (TPSA) is 41.8 Å². The molecule has 0 bridgehead atoms. The van der Waals surface area contributed by atoms with E-state index in [1.807, 2.05) is 19.1 Å². The second-order valence-electron chi connectivity index (χ2n) is 4.58. The van der Waals surface area contributed by atoms with Crippen molar-refractivity contribution in [1.29, 1.82) is 0 Å². The van der Waals surface area contributed by atoms with Gasteiger partial charge in [-0.05, 0) is 30.5 Å². The van der Waals surface area contributed by atoms with Gasteiger partial charge in [-0.2, -0.15) is 0 Å². The Morgan fingerprint density at radius 2 is 2.19 bits per heavy atom. The summed E-state index contributed by atoms with van der Waals surface area (Å²) < 4.78 is 5.52. The lowest BCUT2D eigenvalue weighted by molar-refractivity contribution is 0.291. The second kappa shape index (κ2) is 4.16. The van der Waals surface area contributed by atoms with Crippen LogP contribution in [0.5, 0.6) is 5.75 Å². The first-order valence-corrected chi connectivity index (χ1v) is 5.58. The summed E-state index contributed by atoms with van der Waals surface area (Å²) in [6.07, 6.45) is 0. The van der Waals surface area contributed by atoms with Crippen molar-refractivity contribution in [3.05, 3.63) is 29.3 Å². The molecule has 0 radical (unpaired) electrons. The molecule has 0 saturated heterocycles. The largest absolute Gasteiger partial charge is 0.507 e. The maximum absolute atomic E-state index is 9.82. The SMILES string of the molecule is Cc1ccc(C2=NC(C(C)C)CO2)c(O)c1. The summed E-state index contributed by atoms with van der Waals surface area (Å²) in [5.74, 6) is 1.27. The number of hydrogen-bond donors (Lipinski definition) is 1. The molecule has 0 aromatic heterocycles. The van der Waals surface area contributed by atoms with Crippen LogP contribution in [0.2, 0.25) is 0 Å². The number of aliphatic imine (C=N–C) groups is 1. The highest BCUT2D eigenvalue weighted by atomic mass is 16.5. The Labute approximate surface area is 95.8 Å². The molecule has 0 amide bonds. The van der Waals surface area contributed by atoms with Crippen molar-refractivity contribution < 1.29 is 9.84 Å². The van der Waals surface area contributed by atoms with Crippen LogP contribution in [-0.2, 0) is 4.74 Å². The lowest BCUT2D eigenvalue weighted by atomic mass is 10.1. The zero-order valence-electron chi connectivity index (χ0n) is 9.90. The summed E-state index contributed by atoms with van der Waals surface area (Å²) >= 11 is 0. The molecule has 0 aliphatic carbocycles. The van der Waals surface area contributed by atoms with Crippen molar-refractivity contribution in [2.45, 2.75) is 26.8 Å². The standard InChI is InChI=1S/C13H17NO2/c1-8(2)11-7-16-13(14-11)10-5-4-9(3)6-12(10)15/h4-6,8,11,15H,7H2,1-3H3. The summed E-state index contributed by atoms with van der Waals surface area (Å²) in [6, 6.07) is 5.73. The number of hydrogen-bond acceptors (Lipinski definition) is 3. The van der Waals surface area contributed by atoms with Crippen LogP contribution in [0.1, 0.15) is 25.0 Å². The van der Waals surface area contributed by atoms with E-state index in [9.17, 15) is 5.11 Å². The van der Waals surface area contributed by atoms with E-state index in [0.717, 1.165) is 5.56 Å². The molecule has 1 N–H and O–H groups in total. The molecule has 1 atom stereocenters. The van der Waals surface area contributed by atoms with E-state index in [1.165, 1.54) is 0 Å². The Hall–Kier alpha value is -1.51. The molecular weight excluding hydrogens is 202 g/mol. The predicted octanol–water partition coefficient (Wildman–Crippen LogP) is 2.50. The number of rotatable bonds is 2. The van der Waals surface area contributed by atoms with E-state index in [-0.39, 0.29) is 11.8 Å². The smallest absolute Gasteiger partial charge is 0.220 e. The minimum absolute atomic E-state index is 0.204. The predicted molar refractivity (Wildman–Crippen MR) is 64.0 cm³/mol. The average molecular weight is 219 g/mol. The molecule has 1 aliphatic rings. The van der Waals surface area contributed by atoms with Crippen LogP contribution in [0.3, 0.4) is 0 Å². The third-order valence-corrected chi connectivity index (χ3v) is 2.83. The van der Waals surface area contributed by atoms with Gasteiger partial charge in [0.25, 0.3) is 0 Å². The summed E-state index contributed by atoms with van der Waals surface area (Å²) in [5, 5.41) is 9.82. The van der Waals surface area contributed by atoms with Crippen LogP contribution in [0.25, 0.3) is 0 Å². The highest BCUT2D eigenvalue weighted by molar-refractivity contribution is 5.97. The number of aryl methyl sites for hydroxylation is 1. The Morgan fingerprint density at radius 3 is 2.75 bits per heavy atom. The van der Waals surface area contributed by atoms with Crippen LogP contribution >= 0.6 is 0 Å². The number of nitrogens with zero attached hydrogens (tertiary/aromatic N) is 1. The molecule has 1 aliphatic heterocycles. The quantitative estimate of drug-likeness (QED) is 0.830. The van der Waals surface area contributed by atoms with E-state index in [0.29, 0.717) is 24.0 Å². The number of ether oxygens (including phenoxy) is 1. The van der Waals surface area contributed by atoms with Gasteiger partial charge in [-0.25, -0.2) is 4.99 Å². The first-order valence-electron chi connectivity index (χ1n) is 5.58. The molecule has 0 saturated carbocycles. The fraction of sp³-hybridized carbons (Fsp3) is 0.462. The molecular formula is C13H17NO2. The second-order valence-corrected chi connectivity index (χ2v) is 4.58. The van der Waals surface area contributed by atoms with Crippen LogP contribution < -0.4 is 0 Å². The summed E-state index contributed by atoms with van der Waals surface area (Å²) in [7, 11) is 0. The number of benzene rings is 1. The highest BCUT2D eigenvalue weighted by Crippen LogP contribution is 2.24. The van der Waals surface area contributed by atoms with Crippen LogP contribution in [0, 0.1) is 12.8 Å². The Morgan fingerprint density at radius 1 is 1.44 bits per heavy atom. The van der Waals surface area contributed by atoms with Crippen LogP contribution in [0.4, 0.5) is 0 Å². The van der Waals surface area contributed by atoms with Crippen LogP contribution in [0.15, 0.2) is 23.2 Å². The molecule has 0 spiro atoms. The van der Waals surface area contributed by atoms with Gasteiger partial charge in [0.05, 0.1) is 11.6 Å². The first kappa shape index (κ1) is 11.0. The van der Waals surface area contributed by atoms with Crippen molar-refractivity contribution in [3.8, 4) is 5.75 Å². The van der Waals surface area contributed by atoms with E-state index in [2.05, 4.69) is 18.8 Å². The maximum atomic E-state index is 9.82. The van der Waals surface area contributed by atoms with E-state index in [4.69, 9.17) is 4.74 Å². The average Bonchev–Trinajstić information content (AvgIpc) is 2.66. The Kier molecular flexibility index (Phi) is 2.86. The maximum Gasteiger partial charge on any atom is 0.220 e. The van der Waals surface area contributed by atoms with Gasteiger partial charge in [0, 0.05) is 0 Å². The molecule has 86 valence electrons. The van der Waals surface area contributed by atoms with E-state index < -0.39 is 0 Å². The molecule has 0 fully saturated rings. The minimum Gasteiger partial charge on any atom is -0.507 e. The number of aromatic hydroxyl groups is 1. The summed E-state index contributed by atoms with van der Waals surface area (Å²) in [4.78, 5) is 4.48. The Balaban J connectivity index is 2.29. The highest BCUT2D eigenvalue weighted by Gasteiger charge is 2.24. The van der Waals surface area contributed by atoms with Crippen molar-refractivity contribution in [1.82, 2.24) is 0 Å². The third-order valence-electron chi connectivity index (χ3n) is 2.83. The Bertz CT molecular complexity index is 424. The molecule has 16 heavy (non-hydrogen) atoms. The lowest BCUT2D eigenvalue weighted by Crippen LogP contribution is -2.13. The summed E-state index contributed by atoms with van der Waals surface area (Å²) in [5.41, 5.74) is 1.72. The third kappa shape index (κ3) is 2.03. The molecule has 1 aromatic rings. The monoisotopic (exact) mass is 219 g/mol. The normalized spacial score (nSPS) is 19.8. The van der Waals surface area contributed by atoms with Crippen molar-refractivity contribution in [2.24, 2.45) is 10.9 Å². The van der Waals surface area contributed by atoms with Gasteiger partial charge in [0.1, 0.15) is 12.4 Å². The van der Waals surface area contributed by atoms with Gasteiger partial charge in [-0.1, -0.05) is 19.9 Å². The minimum atomic E-state index is 0.204. The van der Waals surface area contributed by atoms with Crippen molar-refractivity contribution in [3.63, 3.8) is 0 Å². The fourth-order valence-corrected chi connectivity index (χ4v) is 1.70. The molecule has 2 rings (SSSR count). The first-order chi connectivity index (χ1) is 7.58. The van der Waals surface area contributed by atoms with Gasteiger partial charge in [-0.3, -0.25) is 0 Å². The van der Waals surface area contributed by atoms with Gasteiger partial charge in [-0.15, -0.1) is 0 Å². The number of phenols is 1. The van der Waals surface area contributed by atoms with Gasteiger partial charge < -0.3 is 9.84 Å². The molecule has 1 heterocycles. The van der Waals surface area contributed by atoms with Crippen molar-refractivity contribution >= 4 is 5.90 Å².